The molecule has 1 aromatic heterocycles. The number of carbonyl (C=O) groups excluding carboxylic acids is 1. The summed E-state index contributed by atoms with van der Waals surface area (Å²) in [6, 6.07) is 7.91. The molecule has 1 amide bonds. The molecule has 9 heteroatoms. The number of piperidine rings is 1. The molecule has 0 radical (unpaired) electrons. The van der Waals surface area contributed by atoms with Crippen LogP contribution in [0.4, 0.5) is 0 Å². The third-order valence-corrected chi connectivity index (χ3v) is 7.24. The lowest BCUT2D eigenvalue weighted by molar-refractivity contribution is 0.0950. The Labute approximate surface area is 182 Å². The first kappa shape index (κ1) is 22.5. The number of benzene rings is 1. The van der Waals surface area contributed by atoms with E-state index in [1.165, 1.54) is 22.5 Å². The van der Waals surface area contributed by atoms with Crippen LogP contribution in [-0.4, -0.2) is 43.3 Å². The zero-order valence-corrected chi connectivity index (χ0v) is 18.5. The standard InChI is InChI=1S/C21H26ClN3O4S/c1-2-13-29-21-17(7-6-10-23-21)15-24-20(26)16-8-9-18(22)19(14-16)30(27,28)25-11-4-3-5-12-25/h6-10,14H,2-5,11-13,15H2,1H3,(H,24,26). The van der Waals surface area contributed by atoms with Crippen LogP contribution >= 0.6 is 11.6 Å². The summed E-state index contributed by atoms with van der Waals surface area (Å²) in [6.45, 7) is 3.68. The van der Waals surface area contributed by atoms with Gasteiger partial charge in [0.1, 0.15) is 4.90 Å². The lowest BCUT2D eigenvalue weighted by atomic mass is 10.2. The molecule has 1 aromatic carbocycles. The quantitative estimate of drug-likeness (QED) is 0.662. The zero-order valence-electron chi connectivity index (χ0n) is 16.9. The highest BCUT2D eigenvalue weighted by Crippen LogP contribution is 2.28. The fourth-order valence-corrected chi connectivity index (χ4v) is 5.27. The molecule has 1 fully saturated rings. The number of halogens is 1. The largest absolute Gasteiger partial charge is 0.477 e. The molecule has 1 aliphatic heterocycles. The van der Waals surface area contributed by atoms with Crippen LogP contribution in [0.25, 0.3) is 0 Å². The Hall–Kier alpha value is -2.16. The highest BCUT2D eigenvalue weighted by atomic mass is 35.5. The first-order valence-electron chi connectivity index (χ1n) is 10.1. The average Bonchev–Trinajstić information content (AvgIpc) is 2.77. The van der Waals surface area contributed by atoms with E-state index in [1.807, 2.05) is 13.0 Å². The number of carbonyl (C=O) groups is 1. The van der Waals surface area contributed by atoms with Crippen molar-refractivity contribution < 1.29 is 17.9 Å². The molecule has 0 unspecified atom stereocenters. The number of nitrogens with zero attached hydrogens (tertiary/aromatic N) is 2. The fourth-order valence-electron chi connectivity index (χ4n) is 3.25. The molecule has 2 heterocycles. The minimum absolute atomic E-state index is 0.0351. The van der Waals surface area contributed by atoms with Crippen molar-refractivity contribution in [3.05, 3.63) is 52.7 Å². The van der Waals surface area contributed by atoms with E-state index in [1.54, 1.807) is 12.3 Å². The second-order valence-corrected chi connectivity index (χ2v) is 9.42. The summed E-state index contributed by atoms with van der Waals surface area (Å²) in [6.07, 6.45) is 5.14. The summed E-state index contributed by atoms with van der Waals surface area (Å²) >= 11 is 6.18. The predicted molar refractivity (Wildman–Crippen MR) is 115 cm³/mol. The lowest BCUT2D eigenvalue weighted by Gasteiger charge is -2.26. The number of ether oxygens (including phenoxy) is 1. The predicted octanol–water partition coefficient (Wildman–Crippen LogP) is 3.63. The van der Waals surface area contributed by atoms with Gasteiger partial charge >= 0.3 is 0 Å². The molecule has 0 bridgehead atoms. The Morgan fingerprint density at radius 3 is 2.73 bits per heavy atom. The van der Waals surface area contributed by atoms with Gasteiger partial charge in [0.25, 0.3) is 5.91 Å². The number of hydrogen-bond donors (Lipinski definition) is 1. The summed E-state index contributed by atoms with van der Waals surface area (Å²) in [5, 5.41) is 2.91. The van der Waals surface area contributed by atoms with Crippen LogP contribution in [0, 0.1) is 0 Å². The molecule has 30 heavy (non-hydrogen) atoms. The normalized spacial score (nSPS) is 15.0. The van der Waals surface area contributed by atoms with Crippen LogP contribution in [-0.2, 0) is 16.6 Å². The molecule has 1 N–H and O–H groups in total. The molecule has 1 saturated heterocycles. The summed E-state index contributed by atoms with van der Waals surface area (Å²) < 4.78 is 33.0. The first-order valence-corrected chi connectivity index (χ1v) is 11.9. The third kappa shape index (κ3) is 5.30. The number of aromatic nitrogens is 1. The van der Waals surface area contributed by atoms with Gasteiger partial charge in [-0.2, -0.15) is 4.31 Å². The van der Waals surface area contributed by atoms with Crippen LogP contribution in [0.15, 0.2) is 41.4 Å². The van der Waals surface area contributed by atoms with E-state index in [0.29, 0.717) is 25.6 Å². The second-order valence-electron chi connectivity index (χ2n) is 7.11. The minimum Gasteiger partial charge on any atom is -0.477 e. The molecule has 1 aliphatic rings. The Kier molecular flexibility index (Phi) is 7.69. The van der Waals surface area contributed by atoms with Crippen LogP contribution in [0.1, 0.15) is 48.5 Å². The summed E-state index contributed by atoms with van der Waals surface area (Å²) in [5.41, 5.74) is 0.976. The maximum absolute atomic E-state index is 13.0. The molecule has 162 valence electrons. The maximum Gasteiger partial charge on any atom is 0.251 e. The molecule has 2 aromatic rings. The van der Waals surface area contributed by atoms with Gasteiger partial charge in [-0.25, -0.2) is 13.4 Å². The Morgan fingerprint density at radius 1 is 1.23 bits per heavy atom. The molecular weight excluding hydrogens is 426 g/mol. The lowest BCUT2D eigenvalue weighted by Crippen LogP contribution is -2.36. The van der Waals surface area contributed by atoms with Crippen molar-refractivity contribution >= 4 is 27.5 Å². The summed E-state index contributed by atoms with van der Waals surface area (Å²) in [4.78, 5) is 16.9. The molecule has 0 aliphatic carbocycles. The smallest absolute Gasteiger partial charge is 0.251 e. The topological polar surface area (TPSA) is 88.6 Å². The van der Waals surface area contributed by atoms with E-state index in [9.17, 15) is 13.2 Å². The fraction of sp³-hybridized carbons (Fsp3) is 0.429. The molecule has 0 atom stereocenters. The monoisotopic (exact) mass is 451 g/mol. The highest BCUT2D eigenvalue weighted by molar-refractivity contribution is 7.89. The van der Waals surface area contributed by atoms with E-state index >= 15 is 0 Å². The van der Waals surface area contributed by atoms with Crippen molar-refractivity contribution in [3.8, 4) is 5.88 Å². The van der Waals surface area contributed by atoms with E-state index in [2.05, 4.69) is 10.3 Å². The summed E-state index contributed by atoms with van der Waals surface area (Å²) in [7, 11) is -3.74. The van der Waals surface area contributed by atoms with Crippen molar-refractivity contribution in [2.45, 2.75) is 44.0 Å². The van der Waals surface area contributed by atoms with Gasteiger partial charge in [-0.15, -0.1) is 0 Å². The number of pyridine rings is 1. The maximum atomic E-state index is 13.0. The van der Waals surface area contributed by atoms with Crippen LogP contribution in [0.2, 0.25) is 5.02 Å². The van der Waals surface area contributed by atoms with Gasteiger partial charge < -0.3 is 10.1 Å². The third-order valence-electron chi connectivity index (χ3n) is 4.86. The van der Waals surface area contributed by atoms with Gasteiger partial charge in [-0.3, -0.25) is 4.79 Å². The van der Waals surface area contributed by atoms with Gasteiger partial charge in [0.05, 0.1) is 11.6 Å². The Morgan fingerprint density at radius 2 is 2.00 bits per heavy atom. The van der Waals surface area contributed by atoms with Gasteiger partial charge in [0, 0.05) is 37.0 Å². The van der Waals surface area contributed by atoms with Crippen molar-refractivity contribution in [2.75, 3.05) is 19.7 Å². The molecular formula is C21H26ClN3O4S. The SMILES string of the molecule is CCCOc1ncccc1CNC(=O)c1ccc(Cl)c(S(=O)(=O)N2CCCCC2)c1. The van der Waals surface area contributed by atoms with E-state index in [-0.39, 0.29) is 22.0 Å². The van der Waals surface area contributed by atoms with Crippen molar-refractivity contribution in [1.82, 2.24) is 14.6 Å². The number of rotatable bonds is 8. The van der Waals surface area contributed by atoms with Gasteiger partial charge in [0.15, 0.2) is 0 Å². The minimum atomic E-state index is -3.74. The van der Waals surface area contributed by atoms with Crippen molar-refractivity contribution in [2.24, 2.45) is 0 Å². The van der Waals surface area contributed by atoms with Crippen LogP contribution < -0.4 is 10.1 Å². The number of hydrogen-bond acceptors (Lipinski definition) is 5. The molecule has 7 nitrogen and oxygen atoms in total. The Bertz CT molecular complexity index is 991. The van der Waals surface area contributed by atoms with Crippen molar-refractivity contribution in [1.29, 1.82) is 0 Å². The van der Waals surface area contributed by atoms with Gasteiger partial charge in [-0.1, -0.05) is 31.0 Å². The average molecular weight is 452 g/mol. The van der Waals surface area contributed by atoms with E-state index < -0.39 is 15.9 Å². The zero-order chi connectivity index (χ0) is 21.6. The Balaban J connectivity index is 1.75. The number of sulfonamides is 1. The first-order chi connectivity index (χ1) is 14.4. The van der Waals surface area contributed by atoms with Crippen LogP contribution in [0.3, 0.4) is 0 Å². The number of nitrogens with one attached hydrogen (secondary N) is 1. The molecule has 3 rings (SSSR count). The van der Waals surface area contributed by atoms with Gasteiger partial charge in [0.2, 0.25) is 15.9 Å². The van der Waals surface area contributed by atoms with Gasteiger partial charge in [-0.05, 0) is 43.5 Å². The van der Waals surface area contributed by atoms with E-state index in [4.69, 9.17) is 16.3 Å². The number of amides is 1. The molecule has 0 spiro atoms. The summed E-state index contributed by atoms with van der Waals surface area (Å²) in [5.74, 6) is 0.0798. The highest BCUT2D eigenvalue weighted by Gasteiger charge is 2.28. The second kappa shape index (κ2) is 10.2. The van der Waals surface area contributed by atoms with Crippen molar-refractivity contribution in [3.63, 3.8) is 0 Å². The van der Waals surface area contributed by atoms with E-state index in [0.717, 1.165) is 31.2 Å². The van der Waals surface area contributed by atoms with Crippen LogP contribution in [0.5, 0.6) is 5.88 Å². The molecule has 0 saturated carbocycles.